The van der Waals surface area contributed by atoms with E-state index in [-0.39, 0.29) is 5.56 Å². The quantitative estimate of drug-likeness (QED) is 0.684. The molecule has 1 aromatic heterocycles. The normalized spacial score (nSPS) is 10.2. The number of carbonyl (C=O) groups is 1. The predicted molar refractivity (Wildman–Crippen MR) is 95.7 cm³/mol. The van der Waals surface area contributed by atoms with Crippen molar-refractivity contribution < 1.29 is 14.6 Å². The van der Waals surface area contributed by atoms with E-state index in [0.717, 1.165) is 16.9 Å². The van der Waals surface area contributed by atoms with E-state index in [2.05, 4.69) is 10.3 Å². The number of benzene rings is 2. The van der Waals surface area contributed by atoms with Gasteiger partial charge in [0.25, 0.3) is 0 Å². The maximum absolute atomic E-state index is 10.8. The van der Waals surface area contributed by atoms with Crippen molar-refractivity contribution in [2.24, 2.45) is 0 Å². The Kier molecular flexibility index (Phi) is 5.26. The zero-order valence-corrected chi connectivity index (χ0v) is 13.6. The molecule has 2 N–H and O–H groups in total. The molecule has 25 heavy (non-hydrogen) atoms. The Bertz CT molecular complexity index is 833. The van der Waals surface area contributed by atoms with Gasteiger partial charge in [-0.1, -0.05) is 42.5 Å². The Morgan fingerprint density at radius 3 is 2.52 bits per heavy atom. The lowest BCUT2D eigenvalue weighted by Crippen LogP contribution is -2.03. The second kappa shape index (κ2) is 7.97. The van der Waals surface area contributed by atoms with Crippen molar-refractivity contribution in [1.82, 2.24) is 4.98 Å². The molecule has 0 saturated heterocycles. The Balaban J connectivity index is 1.57. The highest BCUT2D eigenvalue weighted by molar-refractivity contribution is 5.87. The zero-order chi connectivity index (χ0) is 17.5. The van der Waals surface area contributed by atoms with Crippen LogP contribution in [0.1, 0.15) is 21.5 Å². The second-order valence-corrected chi connectivity index (χ2v) is 5.51. The van der Waals surface area contributed by atoms with Gasteiger partial charge in [-0.3, -0.25) is 0 Å². The molecular weight excluding hydrogens is 316 g/mol. The van der Waals surface area contributed by atoms with E-state index in [9.17, 15) is 4.79 Å². The number of carboxylic acid groups (broad SMARTS) is 1. The average molecular weight is 334 g/mol. The van der Waals surface area contributed by atoms with Crippen LogP contribution in [0.5, 0.6) is 5.75 Å². The summed E-state index contributed by atoms with van der Waals surface area (Å²) in [5.74, 6) is 0.445. The van der Waals surface area contributed by atoms with Gasteiger partial charge < -0.3 is 15.2 Å². The van der Waals surface area contributed by atoms with E-state index in [4.69, 9.17) is 9.84 Å². The molecule has 0 radical (unpaired) electrons. The van der Waals surface area contributed by atoms with Crippen molar-refractivity contribution in [2.45, 2.75) is 13.2 Å². The molecule has 0 amide bonds. The number of rotatable bonds is 7. The number of pyridine rings is 1. The van der Waals surface area contributed by atoms with Crippen LogP contribution >= 0.6 is 0 Å². The second-order valence-electron chi connectivity index (χ2n) is 5.51. The van der Waals surface area contributed by atoms with Gasteiger partial charge in [0.1, 0.15) is 18.2 Å². The van der Waals surface area contributed by atoms with Gasteiger partial charge in [0, 0.05) is 12.7 Å². The monoisotopic (exact) mass is 334 g/mol. The fraction of sp³-hybridized carbons (Fsp3) is 0.100. The van der Waals surface area contributed by atoms with E-state index in [1.807, 2.05) is 54.6 Å². The Morgan fingerprint density at radius 1 is 1.00 bits per heavy atom. The summed E-state index contributed by atoms with van der Waals surface area (Å²) in [6, 6.07) is 21.0. The molecule has 3 aromatic rings. The molecule has 5 nitrogen and oxygen atoms in total. The van der Waals surface area contributed by atoms with Crippen LogP contribution in [0.3, 0.4) is 0 Å². The van der Waals surface area contributed by atoms with Crippen molar-refractivity contribution in [3.63, 3.8) is 0 Å². The summed E-state index contributed by atoms with van der Waals surface area (Å²) in [4.78, 5) is 14.9. The van der Waals surface area contributed by atoms with Gasteiger partial charge in [-0.05, 0) is 35.4 Å². The number of carboxylic acids is 1. The topological polar surface area (TPSA) is 71.5 Å². The van der Waals surface area contributed by atoms with Crippen LogP contribution in [0.15, 0.2) is 72.9 Å². The first kappa shape index (κ1) is 16.5. The van der Waals surface area contributed by atoms with E-state index in [0.29, 0.717) is 19.0 Å². The van der Waals surface area contributed by atoms with Crippen LogP contribution in [0.2, 0.25) is 0 Å². The van der Waals surface area contributed by atoms with Gasteiger partial charge in [-0.25, -0.2) is 9.78 Å². The van der Waals surface area contributed by atoms with Gasteiger partial charge in [0.05, 0.1) is 5.56 Å². The number of ether oxygens (including phenoxy) is 1. The van der Waals surface area contributed by atoms with Crippen molar-refractivity contribution >= 4 is 11.8 Å². The highest BCUT2D eigenvalue weighted by atomic mass is 16.5. The standard InChI is InChI=1S/C20H18N2O3/c23-20(24)17-9-10-19(22-13-17)21-12-16-7-4-8-18(11-16)25-14-15-5-2-1-3-6-15/h1-11,13H,12,14H2,(H,21,22)(H,23,24). The zero-order valence-electron chi connectivity index (χ0n) is 13.6. The molecule has 0 fully saturated rings. The Morgan fingerprint density at radius 2 is 1.80 bits per heavy atom. The molecular formula is C20H18N2O3. The van der Waals surface area contributed by atoms with Crippen LogP contribution in [0.25, 0.3) is 0 Å². The minimum Gasteiger partial charge on any atom is -0.489 e. The molecule has 5 heteroatoms. The summed E-state index contributed by atoms with van der Waals surface area (Å²) < 4.78 is 5.82. The number of aromatic carboxylic acids is 1. The summed E-state index contributed by atoms with van der Waals surface area (Å²) >= 11 is 0. The molecule has 0 atom stereocenters. The number of hydrogen-bond donors (Lipinski definition) is 2. The summed E-state index contributed by atoms with van der Waals surface area (Å²) in [5.41, 5.74) is 2.34. The maximum atomic E-state index is 10.8. The molecule has 0 unspecified atom stereocenters. The molecule has 0 aliphatic carbocycles. The highest BCUT2D eigenvalue weighted by Crippen LogP contribution is 2.16. The molecule has 0 saturated carbocycles. The van der Waals surface area contributed by atoms with Crippen molar-refractivity contribution in [3.05, 3.63) is 89.6 Å². The minimum atomic E-state index is -0.984. The fourth-order valence-electron chi connectivity index (χ4n) is 2.30. The average Bonchev–Trinajstić information content (AvgIpc) is 2.66. The predicted octanol–water partition coefficient (Wildman–Crippen LogP) is 3.97. The van der Waals surface area contributed by atoms with Crippen LogP contribution in [0, 0.1) is 0 Å². The summed E-state index contributed by atoms with van der Waals surface area (Å²) in [6.45, 7) is 1.10. The molecule has 0 spiro atoms. The highest BCUT2D eigenvalue weighted by Gasteiger charge is 2.03. The Hall–Kier alpha value is -3.34. The van der Waals surface area contributed by atoms with Crippen LogP contribution in [-0.4, -0.2) is 16.1 Å². The van der Waals surface area contributed by atoms with Crippen LogP contribution in [-0.2, 0) is 13.2 Å². The minimum absolute atomic E-state index is 0.168. The largest absolute Gasteiger partial charge is 0.489 e. The number of anilines is 1. The molecule has 0 aliphatic heterocycles. The lowest BCUT2D eigenvalue weighted by Gasteiger charge is -2.09. The molecule has 2 aromatic carbocycles. The van der Waals surface area contributed by atoms with Crippen LogP contribution < -0.4 is 10.1 Å². The van der Waals surface area contributed by atoms with Crippen molar-refractivity contribution in [1.29, 1.82) is 0 Å². The first-order valence-electron chi connectivity index (χ1n) is 7.89. The first-order chi connectivity index (χ1) is 12.2. The van der Waals surface area contributed by atoms with E-state index >= 15 is 0 Å². The molecule has 1 heterocycles. The third-order valence-electron chi connectivity index (χ3n) is 3.63. The number of nitrogens with one attached hydrogen (secondary N) is 1. The first-order valence-corrected chi connectivity index (χ1v) is 7.89. The Labute approximate surface area is 145 Å². The van der Waals surface area contributed by atoms with E-state index < -0.39 is 5.97 Å². The number of nitrogens with zero attached hydrogens (tertiary/aromatic N) is 1. The van der Waals surface area contributed by atoms with Gasteiger partial charge >= 0.3 is 5.97 Å². The lowest BCUT2D eigenvalue weighted by molar-refractivity contribution is 0.0696. The number of hydrogen-bond acceptors (Lipinski definition) is 4. The smallest absolute Gasteiger partial charge is 0.337 e. The maximum Gasteiger partial charge on any atom is 0.337 e. The summed E-state index contributed by atoms with van der Waals surface area (Å²) in [5, 5.41) is 12.0. The van der Waals surface area contributed by atoms with Crippen LogP contribution in [0.4, 0.5) is 5.82 Å². The lowest BCUT2D eigenvalue weighted by atomic mass is 10.2. The molecule has 126 valence electrons. The van der Waals surface area contributed by atoms with Crippen molar-refractivity contribution in [2.75, 3.05) is 5.32 Å². The fourth-order valence-corrected chi connectivity index (χ4v) is 2.30. The van der Waals surface area contributed by atoms with Crippen molar-refractivity contribution in [3.8, 4) is 5.75 Å². The molecule has 0 aliphatic rings. The van der Waals surface area contributed by atoms with Gasteiger partial charge in [0.2, 0.25) is 0 Å². The van der Waals surface area contributed by atoms with Gasteiger partial charge in [-0.15, -0.1) is 0 Å². The SMILES string of the molecule is O=C(O)c1ccc(NCc2cccc(OCc3ccccc3)c2)nc1. The third-order valence-corrected chi connectivity index (χ3v) is 3.63. The van der Waals surface area contributed by atoms with E-state index in [1.165, 1.54) is 12.3 Å². The summed E-state index contributed by atoms with van der Waals surface area (Å²) in [7, 11) is 0. The number of aromatic nitrogens is 1. The van der Waals surface area contributed by atoms with Gasteiger partial charge in [-0.2, -0.15) is 0 Å². The third kappa shape index (κ3) is 4.81. The molecule has 0 bridgehead atoms. The summed E-state index contributed by atoms with van der Waals surface area (Å²) in [6.07, 6.45) is 1.34. The van der Waals surface area contributed by atoms with Gasteiger partial charge in [0.15, 0.2) is 0 Å². The molecule has 3 rings (SSSR count). The van der Waals surface area contributed by atoms with E-state index in [1.54, 1.807) is 6.07 Å².